The van der Waals surface area contributed by atoms with Crippen LogP contribution in [0, 0.1) is 6.92 Å². The Labute approximate surface area is 148 Å². The predicted octanol–water partition coefficient (Wildman–Crippen LogP) is 2.29. The molecule has 0 bridgehead atoms. The summed E-state index contributed by atoms with van der Waals surface area (Å²) in [6.07, 6.45) is 1.40. The molecule has 1 heterocycles. The Balaban J connectivity index is 2.02. The monoisotopic (exact) mass is 395 g/mol. The number of carbonyl (C=O) groups is 4. The van der Waals surface area contributed by atoms with Crippen molar-refractivity contribution in [3.05, 3.63) is 28.2 Å². The highest BCUT2D eigenvalue weighted by molar-refractivity contribution is 9.10. The number of amides is 5. The fraction of sp³-hybridized carbons (Fsp3) is 0.375. The molecule has 1 aliphatic rings. The molecule has 7 nitrogen and oxygen atoms in total. The number of carbonyl (C=O) groups excluding carboxylic acids is 4. The average Bonchev–Trinajstić information content (AvgIpc) is 2.73. The third kappa shape index (κ3) is 3.81. The lowest BCUT2D eigenvalue weighted by molar-refractivity contribution is -0.143. The van der Waals surface area contributed by atoms with Gasteiger partial charge in [-0.05, 0) is 31.0 Å². The molecule has 1 aromatic rings. The highest BCUT2D eigenvalue weighted by Gasteiger charge is 2.44. The van der Waals surface area contributed by atoms with Gasteiger partial charge in [0.15, 0.2) is 0 Å². The van der Waals surface area contributed by atoms with E-state index < -0.39 is 30.3 Å². The minimum Gasteiger partial charge on any atom is -0.324 e. The Kier molecular flexibility index (Phi) is 5.71. The zero-order valence-electron chi connectivity index (χ0n) is 13.5. The second kappa shape index (κ2) is 7.57. The first kappa shape index (κ1) is 18.1. The number of benzene rings is 1. The Bertz CT molecular complexity index is 705. The van der Waals surface area contributed by atoms with Gasteiger partial charge in [0.05, 0.1) is 0 Å². The van der Waals surface area contributed by atoms with Crippen molar-refractivity contribution in [2.45, 2.75) is 26.7 Å². The topological polar surface area (TPSA) is 86.8 Å². The highest BCUT2D eigenvalue weighted by atomic mass is 79.9. The Morgan fingerprint density at radius 2 is 1.83 bits per heavy atom. The van der Waals surface area contributed by atoms with E-state index in [0.29, 0.717) is 17.0 Å². The van der Waals surface area contributed by atoms with E-state index in [4.69, 9.17) is 0 Å². The SMILES string of the molecule is CCCCN1C(=O)C(=O)N(CC(=O)Nc2ccc(C)c(Br)c2)C1=O. The molecular weight excluding hydrogens is 378 g/mol. The fourth-order valence-electron chi connectivity index (χ4n) is 2.22. The summed E-state index contributed by atoms with van der Waals surface area (Å²) in [5, 5.41) is 2.61. The van der Waals surface area contributed by atoms with Gasteiger partial charge >= 0.3 is 17.8 Å². The van der Waals surface area contributed by atoms with Crippen LogP contribution in [0.3, 0.4) is 0 Å². The number of hydrogen-bond acceptors (Lipinski definition) is 4. The van der Waals surface area contributed by atoms with Crippen LogP contribution in [0.15, 0.2) is 22.7 Å². The number of nitrogens with one attached hydrogen (secondary N) is 1. The lowest BCUT2D eigenvalue weighted by Crippen LogP contribution is -2.39. The lowest BCUT2D eigenvalue weighted by atomic mass is 10.2. The van der Waals surface area contributed by atoms with Gasteiger partial charge in [-0.25, -0.2) is 9.69 Å². The lowest BCUT2D eigenvalue weighted by Gasteiger charge is -2.15. The standard InChI is InChI=1S/C16H18BrN3O4/c1-3-4-7-19-14(22)15(23)20(16(19)24)9-13(21)18-11-6-5-10(2)12(17)8-11/h5-6,8H,3-4,7,9H2,1-2H3,(H,18,21). The largest absolute Gasteiger partial charge is 0.334 e. The first-order valence-corrected chi connectivity index (χ1v) is 8.37. The van der Waals surface area contributed by atoms with Crippen molar-refractivity contribution in [3.8, 4) is 0 Å². The first-order chi connectivity index (χ1) is 11.3. The molecule has 0 spiro atoms. The van der Waals surface area contributed by atoms with E-state index in [2.05, 4.69) is 21.2 Å². The highest BCUT2D eigenvalue weighted by Crippen LogP contribution is 2.21. The van der Waals surface area contributed by atoms with Gasteiger partial charge in [-0.2, -0.15) is 0 Å². The summed E-state index contributed by atoms with van der Waals surface area (Å²) in [6.45, 7) is 3.52. The van der Waals surface area contributed by atoms with Gasteiger partial charge in [0, 0.05) is 16.7 Å². The number of rotatable bonds is 6. The molecule has 0 aromatic heterocycles. The van der Waals surface area contributed by atoms with Crippen LogP contribution in [0.25, 0.3) is 0 Å². The van der Waals surface area contributed by atoms with E-state index in [9.17, 15) is 19.2 Å². The van der Waals surface area contributed by atoms with Crippen molar-refractivity contribution in [3.63, 3.8) is 0 Å². The molecule has 1 aromatic carbocycles. The van der Waals surface area contributed by atoms with E-state index in [-0.39, 0.29) is 6.54 Å². The molecule has 0 atom stereocenters. The predicted molar refractivity (Wildman–Crippen MR) is 91.2 cm³/mol. The third-order valence-electron chi connectivity index (χ3n) is 3.63. The van der Waals surface area contributed by atoms with Crippen molar-refractivity contribution in [2.75, 3.05) is 18.4 Å². The molecule has 1 aliphatic heterocycles. The van der Waals surface area contributed by atoms with Crippen LogP contribution in [0.5, 0.6) is 0 Å². The molecule has 0 saturated carbocycles. The third-order valence-corrected chi connectivity index (χ3v) is 4.48. The maximum Gasteiger partial charge on any atom is 0.334 e. The second-order valence-corrected chi connectivity index (χ2v) is 6.35. The zero-order chi connectivity index (χ0) is 17.9. The van der Waals surface area contributed by atoms with Gasteiger partial charge in [-0.15, -0.1) is 0 Å². The minimum absolute atomic E-state index is 0.183. The van der Waals surface area contributed by atoms with Gasteiger partial charge in [0.2, 0.25) is 5.91 Å². The van der Waals surface area contributed by atoms with Gasteiger partial charge < -0.3 is 5.32 Å². The number of anilines is 1. The summed E-state index contributed by atoms with van der Waals surface area (Å²) in [4.78, 5) is 49.5. The molecule has 1 N–H and O–H groups in total. The van der Waals surface area contributed by atoms with E-state index in [1.54, 1.807) is 12.1 Å². The number of aryl methyl sites for hydroxylation is 1. The molecule has 5 amide bonds. The van der Waals surface area contributed by atoms with E-state index >= 15 is 0 Å². The molecule has 128 valence electrons. The molecule has 8 heteroatoms. The number of urea groups is 1. The summed E-state index contributed by atoms with van der Waals surface area (Å²) < 4.78 is 0.828. The Morgan fingerprint density at radius 1 is 1.17 bits per heavy atom. The quantitative estimate of drug-likeness (QED) is 0.591. The summed E-state index contributed by atoms with van der Waals surface area (Å²) in [6, 6.07) is 4.52. The summed E-state index contributed by atoms with van der Waals surface area (Å²) >= 11 is 3.36. The second-order valence-electron chi connectivity index (χ2n) is 5.50. The molecule has 1 saturated heterocycles. The zero-order valence-corrected chi connectivity index (χ0v) is 15.1. The molecule has 24 heavy (non-hydrogen) atoms. The van der Waals surface area contributed by atoms with E-state index in [1.807, 2.05) is 19.9 Å². The number of hydrogen-bond donors (Lipinski definition) is 1. The summed E-state index contributed by atoms with van der Waals surface area (Å²) in [7, 11) is 0. The summed E-state index contributed by atoms with van der Waals surface area (Å²) in [5.74, 6) is -2.38. The van der Waals surface area contributed by atoms with Crippen molar-refractivity contribution in [1.82, 2.24) is 9.80 Å². The van der Waals surface area contributed by atoms with E-state index in [0.717, 1.165) is 21.4 Å². The molecule has 2 rings (SSSR count). The number of halogens is 1. The Morgan fingerprint density at radius 3 is 2.46 bits per heavy atom. The molecular formula is C16H18BrN3O4. The normalized spacial score (nSPS) is 14.5. The van der Waals surface area contributed by atoms with Crippen LogP contribution in [-0.4, -0.2) is 46.6 Å². The van der Waals surface area contributed by atoms with Gasteiger partial charge in [0.25, 0.3) is 0 Å². The minimum atomic E-state index is -0.962. The van der Waals surface area contributed by atoms with Crippen LogP contribution in [0.2, 0.25) is 0 Å². The van der Waals surface area contributed by atoms with Crippen molar-refractivity contribution < 1.29 is 19.2 Å². The molecule has 0 unspecified atom stereocenters. The van der Waals surface area contributed by atoms with Crippen LogP contribution in [-0.2, 0) is 14.4 Å². The van der Waals surface area contributed by atoms with Gasteiger partial charge in [-0.3, -0.25) is 19.3 Å². The maximum atomic E-state index is 12.1. The number of nitrogens with zero attached hydrogens (tertiary/aromatic N) is 2. The maximum absolute atomic E-state index is 12.1. The van der Waals surface area contributed by atoms with Crippen LogP contribution >= 0.6 is 15.9 Å². The molecule has 1 fully saturated rings. The Hall–Kier alpha value is -2.22. The fourth-order valence-corrected chi connectivity index (χ4v) is 2.60. The van der Waals surface area contributed by atoms with Gasteiger partial charge in [-0.1, -0.05) is 35.3 Å². The van der Waals surface area contributed by atoms with Crippen LogP contribution in [0.4, 0.5) is 10.5 Å². The van der Waals surface area contributed by atoms with Crippen LogP contribution < -0.4 is 5.32 Å². The van der Waals surface area contributed by atoms with Gasteiger partial charge in [0.1, 0.15) is 6.54 Å². The number of imide groups is 2. The molecule has 0 aliphatic carbocycles. The average molecular weight is 396 g/mol. The smallest absolute Gasteiger partial charge is 0.324 e. The van der Waals surface area contributed by atoms with Crippen LogP contribution in [0.1, 0.15) is 25.3 Å². The summed E-state index contributed by atoms with van der Waals surface area (Å²) in [5.41, 5.74) is 1.54. The number of unbranched alkanes of at least 4 members (excludes halogenated alkanes) is 1. The molecule has 0 radical (unpaired) electrons. The van der Waals surface area contributed by atoms with Crippen molar-refractivity contribution >= 4 is 45.4 Å². The van der Waals surface area contributed by atoms with Crippen molar-refractivity contribution in [1.29, 1.82) is 0 Å². The first-order valence-electron chi connectivity index (χ1n) is 7.58. The van der Waals surface area contributed by atoms with E-state index in [1.165, 1.54) is 0 Å². The van der Waals surface area contributed by atoms with Crippen molar-refractivity contribution in [2.24, 2.45) is 0 Å².